The van der Waals surface area contributed by atoms with Crippen LogP contribution in [0.15, 0.2) is 407 Å². The second-order valence-electron chi connectivity index (χ2n) is 30.3. The molecule has 0 fully saturated rings. The molecule has 1 N–H and O–H groups in total. The third-order valence-electron chi connectivity index (χ3n) is 22.5. The van der Waals surface area contributed by atoms with E-state index in [4.69, 9.17) is 10.1 Å². The van der Waals surface area contributed by atoms with Crippen LogP contribution in [0.3, 0.4) is 0 Å². The molecule has 3 aliphatic heterocycles. The molecule has 0 unspecified atom stereocenters. The standard InChI is InChI=1S/C20H13N2.C20H15N2.C19H13N2.C18H12NS.C17H10NS.C11H8N.C5H8O2.5CH4.2Ir/c1-2-9-16-14(7-1)15-8-5-6-13-12-21-17-10-3-4-11-18(17)22(16)20(21)19(13)15;1-2-9-16(10-3-1)22-19-13-7-6-12-18(19)21-14-15-8-4-5-11-17(15)20(21)22;1-3-9-15(10-4-1)19-20-17-13-7-8-14-18(17)21(19)16-11-5-2-6-12-16;1-2-7-16-13(5-1)14-9-8-12-11-19-10-4-3-6-15(19)17(12)18(14)20-16;1-2-10-16-12(6-1)13-7-5-8-14(17(13)19-16)15-9-3-4-11-18-15;1-2-6-10(7-3-1)11-8-4-5-9-12-11;1-4(6)3-5(2)7;;;;;;;/h1-11H,12H2;1-13H,14H2;1-9,11-14H;1-10H,11H2;1-7,9-11H;1-6,8-9H;3,6H,1-2H3;5*1H4;;/q2*+1;-1;+1;2*-1;;;;;;;;. The Kier molecular flexibility index (Phi) is 30.0. The van der Waals surface area contributed by atoms with Crippen LogP contribution in [0.2, 0.25) is 0 Å². The minimum atomic E-state index is -0.125. The van der Waals surface area contributed by atoms with E-state index in [1.165, 1.54) is 155 Å². The monoisotopic (exact) mass is 2090 g/mol. The fraction of sp³-hybridized carbons (Fsp3) is 0.0870. The van der Waals surface area contributed by atoms with Crippen molar-refractivity contribution in [3.63, 3.8) is 0 Å². The summed E-state index contributed by atoms with van der Waals surface area (Å²) >= 11 is 3.73. The number of nitrogens with zero attached hydrogens (tertiary/aromatic N) is 9. The normalized spacial score (nSPS) is 11.2. The summed E-state index contributed by atoms with van der Waals surface area (Å²) in [6, 6.07) is 140. The molecular weight excluding hydrogens is 1990 g/mol. The molecule has 15 heteroatoms. The second-order valence-corrected chi connectivity index (χ2v) is 32.4. The summed E-state index contributed by atoms with van der Waals surface area (Å²) in [7, 11) is 0. The van der Waals surface area contributed by atoms with E-state index < -0.39 is 0 Å². The third-order valence-corrected chi connectivity index (χ3v) is 24.9. The summed E-state index contributed by atoms with van der Waals surface area (Å²) in [4.78, 5) is 23.5. The molecule has 0 aliphatic carbocycles. The van der Waals surface area contributed by atoms with E-state index in [2.05, 4.69) is 310 Å². The fourth-order valence-corrected chi connectivity index (χ4v) is 19.8. The van der Waals surface area contributed by atoms with E-state index in [1.54, 1.807) is 6.20 Å². The zero-order valence-electron chi connectivity index (χ0n) is 68.1. The van der Waals surface area contributed by atoms with E-state index in [-0.39, 0.29) is 88.9 Å². The number of aliphatic hydroxyl groups excluding tert-OH is 1. The zero-order chi connectivity index (χ0) is 82.7. The first-order chi connectivity index (χ1) is 60.7. The van der Waals surface area contributed by atoms with E-state index in [1.807, 2.05) is 156 Å². The summed E-state index contributed by atoms with van der Waals surface area (Å²) in [5.41, 5.74) is 25.7. The quantitative estimate of drug-likeness (QED) is 0.0587. The molecule has 0 saturated carbocycles. The van der Waals surface area contributed by atoms with Gasteiger partial charge in [-0.2, -0.15) is 24.9 Å². The van der Waals surface area contributed by atoms with Gasteiger partial charge in [0, 0.05) is 129 Å². The van der Waals surface area contributed by atoms with Gasteiger partial charge in [0.25, 0.3) is 11.5 Å². The average molecular weight is 2090 g/mol. The molecular formula is C115H99Ir2N9O2S2. The molecule has 0 spiro atoms. The summed E-state index contributed by atoms with van der Waals surface area (Å²) in [6.45, 7) is 5.77. The molecule has 0 saturated heterocycles. The number of aromatic nitrogens is 9. The molecule has 0 amide bonds. The van der Waals surface area contributed by atoms with Gasteiger partial charge in [-0.05, 0) is 138 Å². The Hall–Kier alpha value is -14.1. The van der Waals surface area contributed by atoms with Gasteiger partial charge in [-0.15, -0.1) is 107 Å². The molecule has 0 bridgehead atoms. The van der Waals surface area contributed by atoms with Crippen molar-refractivity contribution in [1.29, 1.82) is 0 Å². The molecule has 11 nitrogen and oxygen atoms in total. The van der Waals surface area contributed by atoms with Crippen molar-refractivity contribution in [2.45, 2.75) is 70.6 Å². The first-order valence-electron chi connectivity index (χ1n) is 41.1. The van der Waals surface area contributed by atoms with Gasteiger partial charge in [-0.3, -0.25) is 9.78 Å². The SMILES string of the molecule is C.C.C.C.C.CC(=O)C=C(C)O.[Ir].[Ir].[c-]1ccc2c(sc3ccccc32)c1-c1ccccn1.[c-]1ccccc1-c1ccccn1.[c-]1ccccc1-c1nc2ccccc2n1-c1ccccc1.c1cc2c3c(c1)c1ccccc1n1c4ccccc4[n+](c31)C2.c1cc[n+]2c(c1)-c1c(ccc3c1sc1ccccc13)C2.c1ccc(-n2c3[n+](c4ccccc42)Cc2ccccc2-3)cc1. The molecule has 23 aromatic rings. The largest absolute Gasteiger partial charge is 0.512 e. The number of ketones is 1. The van der Waals surface area contributed by atoms with Gasteiger partial charge >= 0.3 is 0 Å². The minimum absolute atomic E-state index is 0. The number of carbonyl (C=O) groups excluding carboxylic acids is 1. The van der Waals surface area contributed by atoms with Crippen LogP contribution in [0.25, 0.3) is 169 Å². The van der Waals surface area contributed by atoms with Crippen molar-refractivity contribution in [3.8, 4) is 67.9 Å². The zero-order valence-corrected chi connectivity index (χ0v) is 74.5. The summed E-state index contributed by atoms with van der Waals surface area (Å²) in [5, 5.41) is 17.9. The number of fused-ring (bicyclic) bond motifs is 22. The average Bonchev–Trinajstić information content (AvgIpc) is 1.54. The number of para-hydroxylation sites is 9. The maximum atomic E-state index is 10.0. The third kappa shape index (κ3) is 18.1. The first kappa shape index (κ1) is 93.5. The number of allylic oxidation sites excluding steroid dienone is 2. The van der Waals surface area contributed by atoms with Crippen molar-refractivity contribution >= 4 is 129 Å². The van der Waals surface area contributed by atoms with Crippen LogP contribution in [-0.4, -0.2) is 39.4 Å². The maximum absolute atomic E-state index is 10.0. The molecule has 3 aliphatic rings. The summed E-state index contributed by atoms with van der Waals surface area (Å²) < 4.78 is 19.6. The summed E-state index contributed by atoms with van der Waals surface area (Å²) in [6.07, 6.45) is 6.96. The van der Waals surface area contributed by atoms with Crippen molar-refractivity contribution in [2.75, 3.05) is 0 Å². The van der Waals surface area contributed by atoms with Crippen molar-refractivity contribution in [2.24, 2.45) is 0 Å². The van der Waals surface area contributed by atoms with Crippen LogP contribution < -0.4 is 13.7 Å². The molecule has 130 heavy (non-hydrogen) atoms. The molecule has 26 rings (SSSR count). The topological polar surface area (TPSA) is 102 Å². The van der Waals surface area contributed by atoms with Gasteiger partial charge in [0.1, 0.15) is 24.3 Å². The minimum Gasteiger partial charge on any atom is -0.512 e. The second kappa shape index (κ2) is 41.8. The van der Waals surface area contributed by atoms with Gasteiger partial charge in [0.15, 0.2) is 40.6 Å². The number of thiophene rings is 2. The molecule has 2 radical (unpaired) electrons. The predicted octanol–water partition coefficient (Wildman–Crippen LogP) is 28.5. The Labute approximate surface area is 794 Å². The smallest absolute Gasteiger partial charge is 0.296 e. The van der Waals surface area contributed by atoms with Crippen molar-refractivity contribution < 1.29 is 63.8 Å². The van der Waals surface area contributed by atoms with E-state index >= 15 is 0 Å². The molecule has 0 atom stereocenters. The Balaban J connectivity index is 0.000000130. The molecule has 9 aromatic heterocycles. The van der Waals surface area contributed by atoms with Gasteiger partial charge in [0.2, 0.25) is 5.69 Å². The van der Waals surface area contributed by atoms with Crippen LogP contribution in [0, 0.1) is 18.2 Å². The molecule has 12 heterocycles. The number of rotatable bonds is 6. The predicted molar refractivity (Wildman–Crippen MR) is 537 cm³/mol. The van der Waals surface area contributed by atoms with Gasteiger partial charge in [-0.25, -0.2) is 9.13 Å². The Morgan fingerprint density at radius 2 is 0.938 bits per heavy atom. The van der Waals surface area contributed by atoms with Crippen LogP contribution in [0.1, 0.15) is 67.7 Å². The van der Waals surface area contributed by atoms with Crippen LogP contribution in [0.4, 0.5) is 0 Å². The van der Waals surface area contributed by atoms with E-state index in [0.29, 0.717) is 0 Å². The Morgan fingerprint density at radius 3 is 1.59 bits per heavy atom. The van der Waals surface area contributed by atoms with Gasteiger partial charge < -0.3 is 19.6 Å². The van der Waals surface area contributed by atoms with Crippen LogP contribution >= 0.6 is 22.7 Å². The molecule has 646 valence electrons. The fourth-order valence-electron chi connectivity index (χ4n) is 17.3. The first-order valence-corrected chi connectivity index (χ1v) is 42.7. The summed E-state index contributed by atoms with van der Waals surface area (Å²) in [5.74, 6) is 2.14. The number of aliphatic hydroxyl groups is 1. The Bertz CT molecular complexity index is 7870. The maximum Gasteiger partial charge on any atom is 0.296 e. The van der Waals surface area contributed by atoms with Crippen molar-refractivity contribution in [3.05, 3.63) is 441 Å². The van der Waals surface area contributed by atoms with E-state index in [0.717, 1.165) is 70.3 Å². The number of hydrogen-bond acceptors (Lipinski definition) is 7. The number of hydrogen-bond donors (Lipinski definition) is 1. The van der Waals surface area contributed by atoms with Crippen molar-refractivity contribution in [1.82, 2.24) is 28.5 Å². The molecule has 14 aromatic carbocycles. The van der Waals surface area contributed by atoms with Gasteiger partial charge in [-0.1, -0.05) is 243 Å². The Morgan fingerprint density at radius 1 is 0.408 bits per heavy atom. The number of pyridine rings is 4. The number of imidazole rings is 3. The van der Waals surface area contributed by atoms with E-state index in [9.17, 15) is 4.79 Å². The number of benzene rings is 14. The van der Waals surface area contributed by atoms with Crippen LogP contribution in [0.5, 0.6) is 0 Å². The number of carbonyl (C=O) groups is 1. The van der Waals surface area contributed by atoms with Gasteiger partial charge in [0.05, 0.1) is 39.1 Å². The van der Waals surface area contributed by atoms with Crippen LogP contribution in [-0.2, 0) is 64.6 Å².